The Morgan fingerprint density at radius 3 is 2.62 bits per heavy atom. The van der Waals surface area contributed by atoms with Crippen molar-refractivity contribution in [1.82, 2.24) is 0 Å². The van der Waals surface area contributed by atoms with Crippen LogP contribution in [0.1, 0.15) is 30.9 Å². The second kappa shape index (κ2) is 8.64. The molecule has 0 aromatic heterocycles. The molecular weight excluding hydrogens is 322 g/mol. The Bertz CT molecular complexity index is 773. The van der Waals surface area contributed by atoms with Gasteiger partial charge in [0.1, 0.15) is 0 Å². The number of anilines is 1. The van der Waals surface area contributed by atoms with E-state index < -0.39 is 0 Å². The van der Waals surface area contributed by atoms with Gasteiger partial charge in [-0.1, -0.05) is 36.4 Å². The average molecular weight is 348 g/mol. The predicted molar refractivity (Wildman–Crippen MR) is 103 cm³/mol. The standard InChI is InChI=1S/C22H25N3O/c1-17(22(26)24-21-9-5-8-20(15-21)16-23)25-12-10-19(11-13-25)14-18-6-3-2-4-7-18/h2-9,15,17,19H,10-14H2,1H3,(H,24,26)/p+1/t17-/m1/s1. The van der Waals surface area contributed by atoms with Gasteiger partial charge in [-0.2, -0.15) is 5.26 Å². The molecule has 2 aromatic carbocycles. The highest BCUT2D eigenvalue weighted by Gasteiger charge is 2.30. The molecule has 1 aliphatic heterocycles. The van der Waals surface area contributed by atoms with Crippen molar-refractivity contribution < 1.29 is 9.69 Å². The third kappa shape index (κ3) is 4.71. The van der Waals surface area contributed by atoms with E-state index in [1.807, 2.05) is 13.0 Å². The van der Waals surface area contributed by atoms with Crippen molar-refractivity contribution in [1.29, 1.82) is 5.26 Å². The van der Waals surface area contributed by atoms with Crippen LogP contribution in [0.4, 0.5) is 5.69 Å². The van der Waals surface area contributed by atoms with Gasteiger partial charge in [-0.25, -0.2) is 0 Å². The summed E-state index contributed by atoms with van der Waals surface area (Å²) >= 11 is 0. The molecule has 0 saturated carbocycles. The Hall–Kier alpha value is -2.64. The van der Waals surface area contributed by atoms with Crippen LogP contribution >= 0.6 is 0 Å². The number of piperidine rings is 1. The Morgan fingerprint density at radius 1 is 1.19 bits per heavy atom. The molecule has 1 amide bonds. The van der Waals surface area contributed by atoms with Crippen LogP contribution < -0.4 is 10.2 Å². The Balaban J connectivity index is 1.50. The van der Waals surface area contributed by atoms with Crippen LogP contribution in [0.5, 0.6) is 0 Å². The lowest BCUT2D eigenvalue weighted by Crippen LogP contribution is -3.17. The van der Waals surface area contributed by atoms with E-state index in [2.05, 4.69) is 41.7 Å². The molecule has 1 fully saturated rings. The highest BCUT2D eigenvalue weighted by Crippen LogP contribution is 2.17. The van der Waals surface area contributed by atoms with Crippen LogP contribution in [0, 0.1) is 17.2 Å². The van der Waals surface area contributed by atoms with Crippen molar-refractivity contribution >= 4 is 11.6 Å². The lowest BCUT2D eigenvalue weighted by atomic mass is 9.89. The van der Waals surface area contributed by atoms with Crippen molar-refractivity contribution in [3.63, 3.8) is 0 Å². The number of hydrogen-bond donors (Lipinski definition) is 2. The van der Waals surface area contributed by atoms with Gasteiger partial charge in [0.05, 0.1) is 24.7 Å². The number of nitrogens with one attached hydrogen (secondary N) is 2. The predicted octanol–water partition coefficient (Wildman–Crippen LogP) is 2.42. The normalized spacial score (nSPS) is 20.8. The van der Waals surface area contributed by atoms with E-state index in [9.17, 15) is 4.79 Å². The number of quaternary nitrogens is 1. The molecule has 0 unspecified atom stereocenters. The molecule has 1 atom stereocenters. The maximum atomic E-state index is 12.6. The summed E-state index contributed by atoms with van der Waals surface area (Å²) in [6, 6.07) is 19.7. The minimum Gasteiger partial charge on any atom is -0.325 e. The first-order valence-electron chi connectivity index (χ1n) is 9.35. The van der Waals surface area contributed by atoms with Crippen molar-refractivity contribution in [3.05, 3.63) is 65.7 Å². The summed E-state index contributed by atoms with van der Waals surface area (Å²) in [7, 11) is 0. The molecule has 134 valence electrons. The highest BCUT2D eigenvalue weighted by atomic mass is 16.2. The van der Waals surface area contributed by atoms with Crippen LogP contribution in [0.3, 0.4) is 0 Å². The minimum absolute atomic E-state index is 0.0246. The number of nitrogens with zero attached hydrogens (tertiary/aromatic N) is 1. The molecule has 2 aromatic rings. The molecule has 1 aliphatic rings. The van der Waals surface area contributed by atoms with E-state index in [0.29, 0.717) is 17.2 Å². The first-order chi connectivity index (χ1) is 12.7. The topological polar surface area (TPSA) is 57.3 Å². The zero-order valence-corrected chi connectivity index (χ0v) is 15.2. The number of hydrogen-bond acceptors (Lipinski definition) is 2. The summed E-state index contributed by atoms with van der Waals surface area (Å²) in [6.45, 7) is 4.06. The zero-order valence-electron chi connectivity index (χ0n) is 15.2. The van der Waals surface area contributed by atoms with Crippen molar-refractivity contribution in [2.45, 2.75) is 32.2 Å². The number of amides is 1. The second-order valence-corrected chi connectivity index (χ2v) is 7.19. The van der Waals surface area contributed by atoms with Gasteiger partial charge in [0.15, 0.2) is 6.04 Å². The fourth-order valence-corrected chi connectivity index (χ4v) is 3.74. The SMILES string of the molecule is C[C@H](C(=O)Nc1cccc(C#N)c1)[NH+]1CCC(Cc2ccccc2)CC1. The molecule has 0 spiro atoms. The molecule has 2 N–H and O–H groups in total. The summed E-state index contributed by atoms with van der Waals surface area (Å²) in [5.74, 6) is 0.736. The third-order valence-corrected chi connectivity index (χ3v) is 5.38. The van der Waals surface area contributed by atoms with E-state index in [1.165, 1.54) is 10.5 Å². The van der Waals surface area contributed by atoms with Gasteiger partial charge in [-0.3, -0.25) is 4.79 Å². The molecular formula is C22H26N3O+. The number of rotatable bonds is 5. The van der Waals surface area contributed by atoms with Crippen LogP contribution in [-0.2, 0) is 11.2 Å². The molecule has 4 heteroatoms. The smallest absolute Gasteiger partial charge is 0.282 e. The van der Waals surface area contributed by atoms with Crippen molar-refractivity contribution in [2.24, 2.45) is 5.92 Å². The number of benzene rings is 2. The monoisotopic (exact) mass is 348 g/mol. The lowest BCUT2D eigenvalue weighted by molar-refractivity contribution is -0.919. The largest absolute Gasteiger partial charge is 0.325 e. The number of carbonyl (C=O) groups excluding carboxylic acids is 1. The first-order valence-corrected chi connectivity index (χ1v) is 9.35. The molecule has 1 heterocycles. The lowest BCUT2D eigenvalue weighted by Gasteiger charge is -2.32. The Kier molecular flexibility index (Phi) is 6.04. The van der Waals surface area contributed by atoms with E-state index in [4.69, 9.17) is 5.26 Å². The first kappa shape index (κ1) is 18.2. The van der Waals surface area contributed by atoms with E-state index in [1.54, 1.807) is 18.2 Å². The van der Waals surface area contributed by atoms with Gasteiger partial charge in [-0.15, -0.1) is 0 Å². The van der Waals surface area contributed by atoms with E-state index >= 15 is 0 Å². The number of carbonyl (C=O) groups is 1. The molecule has 0 bridgehead atoms. The summed E-state index contributed by atoms with van der Waals surface area (Å²) in [5.41, 5.74) is 2.66. The van der Waals surface area contributed by atoms with Gasteiger partial charge in [0.25, 0.3) is 5.91 Å². The molecule has 0 radical (unpaired) electrons. The Labute approximate surface area is 155 Å². The van der Waals surface area contributed by atoms with Crippen LogP contribution in [0.2, 0.25) is 0 Å². The molecule has 4 nitrogen and oxygen atoms in total. The molecule has 0 aliphatic carbocycles. The van der Waals surface area contributed by atoms with Crippen molar-refractivity contribution in [2.75, 3.05) is 18.4 Å². The second-order valence-electron chi connectivity index (χ2n) is 7.19. The average Bonchev–Trinajstić information content (AvgIpc) is 2.69. The summed E-state index contributed by atoms with van der Waals surface area (Å²) in [5, 5.41) is 11.9. The maximum Gasteiger partial charge on any atom is 0.282 e. The summed E-state index contributed by atoms with van der Waals surface area (Å²) < 4.78 is 0. The van der Waals surface area contributed by atoms with Gasteiger partial charge < -0.3 is 10.2 Å². The van der Waals surface area contributed by atoms with Gasteiger partial charge in [-0.05, 0) is 55.9 Å². The minimum atomic E-state index is -0.0848. The zero-order chi connectivity index (χ0) is 18.4. The number of likely N-dealkylation sites (tertiary alicyclic amines) is 1. The van der Waals surface area contributed by atoms with Crippen LogP contribution in [-0.4, -0.2) is 25.0 Å². The highest BCUT2D eigenvalue weighted by molar-refractivity contribution is 5.93. The van der Waals surface area contributed by atoms with Crippen LogP contribution in [0.15, 0.2) is 54.6 Å². The molecule has 1 saturated heterocycles. The quantitative estimate of drug-likeness (QED) is 0.872. The van der Waals surface area contributed by atoms with Gasteiger partial charge in [0, 0.05) is 5.69 Å². The van der Waals surface area contributed by atoms with E-state index in [-0.39, 0.29) is 11.9 Å². The molecule has 3 rings (SSSR count). The van der Waals surface area contributed by atoms with E-state index in [0.717, 1.165) is 32.4 Å². The fourth-order valence-electron chi connectivity index (χ4n) is 3.74. The van der Waals surface area contributed by atoms with Crippen LogP contribution in [0.25, 0.3) is 0 Å². The van der Waals surface area contributed by atoms with Gasteiger partial charge in [0.2, 0.25) is 0 Å². The molecule has 26 heavy (non-hydrogen) atoms. The maximum absolute atomic E-state index is 12.6. The summed E-state index contributed by atoms with van der Waals surface area (Å²) in [4.78, 5) is 13.9. The Morgan fingerprint density at radius 2 is 1.92 bits per heavy atom. The number of nitriles is 1. The summed E-state index contributed by atoms with van der Waals surface area (Å²) in [6.07, 6.45) is 3.45. The fraction of sp³-hybridized carbons (Fsp3) is 0.364. The van der Waals surface area contributed by atoms with Gasteiger partial charge >= 0.3 is 0 Å². The van der Waals surface area contributed by atoms with Crippen molar-refractivity contribution in [3.8, 4) is 6.07 Å². The third-order valence-electron chi connectivity index (χ3n) is 5.38.